The first-order chi connectivity index (χ1) is 7.06. The molecule has 0 aromatic rings. The molecule has 1 fully saturated rings. The number of rotatable bonds is 3. The molecule has 1 aliphatic carbocycles. The Morgan fingerprint density at radius 1 is 1.27 bits per heavy atom. The van der Waals surface area contributed by atoms with Gasteiger partial charge >= 0.3 is 11.9 Å². The van der Waals surface area contributed by atoms with Crippen molar-refractivity contribution in [3.8, 4) is 0 Å². The number of carboxylic acid groups (broad SMARTS) is 1. The normalized spacial score (nSPS) is 28.1. The van der Waals surface area contributed by atoms with Gasteiger partial charge in [0.2, 0.25) is 0 Å². The van der Waals surface area contributed by atoms with Gasteiger partial charge in [0.15, 0.2) is 0 Å². The first-order valence-electron chi connectivity index (χ1n) is 5.37. The molecule has 1 N–H and O–H groups in total. The van der Waals surface area contributed by atoms with Crippen LogP contribution in [0.5, 0.6) is 0 Å². The van der Waals surface area contributed by atoms with Crippen LogP contribution in [0, 0.1) is 17.8 Å². The molecule has 0 heterocycles. The van der Waals surface area contributed by atoms with Crippen LogP contribution in [0.25, 0.3) is 0 Å². The maximum absolute atomic E-state index is 11.3. The highest BCUT2D eigenvalue weighted by atomic mass is 16.5. The monoisotopic (exact) mass is 214 g/mol. The summed E-state index contributed by atoms with van der Waals surface area (Å²) < 4.78 is 4.68. The molecule has 0 aromatic heterocycles. The molecule has 1 rings (SSSR count). The molecule has 0 bridgehead atoms. The first kappa shape index (κ1) is 12.0. The SMILES string of the molecule is COC(=O)C(C)C1CCC(C(=O)O)CC1. The third kappa shape index (κ3) is 2.94. The highest BCUT2D eigenvalue weighted by Crippen LogP contribution is 2.33. The van der Waals surface area contributed by atoms with Gasteiger partial charge in [-0.05, 0) is 31.6 Å². The minimum atomic E-state index is -0.709. The minimum Gasteiger partial charge on any atom is -0.481 e. The highest BCUT2D eigenvalue weighted by Gasteiger charge is 2.31. The van der Waals surface area contributed by atoms with Gasteiger partial charge in [-0.1, -0.05) is 6.92 Å². The summed E-state index contributed by atoms with van der Waals surface area (Å²) in [4.78, 5) is 22.0. The van der Waals surface area contributed by atoms with Crippen LogP contribution in [0.15, 0.2) is 0 Å². The molecule has 1 unspecified atom stereocenters. The van der Waals surface area contributed by atoms with Crippen LogP contribution in [-0.4, -0.2) is 24.2 Å². The Morgan fingerprint density at radius 3 is 2.20 bits per heavy atom. The summed E-state index contributed by atoms with van der Waals surface area (Å²) in [6.45, 7) is 1.86. The van der Waals surface area contributed by atoms with E-state index >= 15 is 0 Å². The smallest absolute Gasteiger partial charge is 0.308 e. The number of methoxy groups -OCH3 is 1. The summed E-state index contributed by atoms with van der Waals surface area (Å²) in [6.07, 6.45) is 2.99. The van der Waals surface area contributed by atoms with Gasteiger partial charge in [0.05, 0.1) is 18.9 Å². The molecule has 1 atom stereocenters. The van der Waals surface area contributed by atoms with Crippen LogP contribution >= 0.6 is 0 Å². The Bertz CT molecular complexity index is 241. The van der Waals surface area contributed by atoms with Gasteiger partial charge in [0, 0.05) is 0 Å². The van der Waals surface area contributed by atoms with Crippen molar-refractivity contribution < 1.29 is 19.4 Å². The van der Waals surface area contributed by atoms with Crippen LogP contribution < -0.4 is 0 Å². The van der Waals surface area contributed by atoms with Gasteiger partial charge in [-0.2, -0.15) is 0 Å². The van der Waals surface area contributed by atoms with Gasteiger partial charge in [0.25, 0.3) is 0 Å². The molecule has 4 nitrogen and oxygen atoms in total. The molecule has 15 heavy (non-hydrogen) atoms. The lowest BCUT2D eigenvalue weighted by Gasteiger charge is -2.29. The lowest BCUT2D eigenvalue weighted by molar-refractivity contribution is -0.147. The Hall–Kier alpha value is -1.06. The molecule has 86 valence electrons. The number of hydrogen-bond donors (Lipinski definition) is 1. The number of hydrogen-bond acceptors (Lipinski definition) is 3. The zero-order chi connectivity index (χ0) is 11.4. The van der Waals surface area contributed by atoms with Crippen LogP contribution in [0.4, 0.5) is 0 Å². The van der Waals surface area contributed by atoms with E-state index in [1.165, 1.54) is 7.11 Å². The molecular weight excluding hydrogens is 196 g/mol. The number of carbonyl (C=O) groups is 2. The third-order valence-electron chi connectivity index (χ3n) is 3.40. The maximum atomic E-state index is 11.3. The molecule has 0 amide bonds. The van der Waals surface area contributed by atoms with Crippen LogP contribution in [0.1, 0.15) is 32.6 Å². The minimum absolute atomic E-state index is 0.107. The summed E-state index contributed by atoms with van der Waals surface area (Å²) in [6, 6.07) is 0. The van der Waals surface area contributed by atoms with E-state index in [1.54, 1.807) is 0 Å². The molecule has 0 radical (unpaired) electrons. The molecule has 0 saturated heterocycles. The molecule has 1 saturated carbocycles. The summed E-state index contributed by atoms with van der Waals surface area (Å²) in [5.41, 5.74) is 0. The highest BCUT2D eigenvalue weighted by molar-refractivity contribution is 5.72. The van der Waals surface area contributed by atoms with Crippen molar-refractivity contribution in [1.29, 1.82) is 0 Å². The van der Waals surface area contributed by atoms with Crippen molar-refractivity contribution in [3.05, 3.63) is 0 Å². The fraction of sp³-hybridized carbons (Fsp3) is 0.818. The number of esters is 1. The van der Waals surface area contributed by atoms with Gasteiger partial charge < -0.3 is 9.84 Å². The van der Waals surface area contributed by atoms with E-state index in [2.05, 4.69) is 4.74 Å². The molecule has 0 aromatic carbocycles. The quantitative estimate of drug-likeness (QED) is 0.726. The van der Waals surface area contributed by atoms with E-state index in [-0.39, 0.29) is 23.7 Å². The maximum Gasteiger partial charge on any atom is 0.308 e. The van der Waals surface area contributed by atoms with Crippen molar-refractivity contribution >= 4 is 11.9 Å². The summed E-state index contributed by atoms with van der Waals surface area (Å²) in [5, 5.41) is 8.83. The second-order valence-electron chi connectivity index (χ2n) is 4.26. The van der Waals surface area contributed by atoms with Crippen molar-refractivity contribution in [3.63, 3.8) is 0 Å². The lowest BCUT2D eigenvalue weighted by atomic mass is 9.76. The Morgan fingerprint density at radius 2 is 1.80 bits per heavy atom. The largest absolute Gasteiger partial charge is 0.481 e. The second-order valence-corrected chi connectivity index (χ2v) is 4.26. The molecule has 0 aliphatic heterocycles. The van der Waals surface area contributed by atoms with Crippen LogP contribution in [0.3, 0.4) is 0 Å². The molecular formula is C11H18O4. The van der Waals surface area contributed by atoms with Crippen molar-refractivity contribution in [2.75, 3.05) is 7.11 Å². The number of carbonyl (C=O) groups excluding carboxylic acids is 1. The fourth-order valence-corrected chi connectivity index (χ4v) is 2.24. The Kier molecular flexibility index (Phi) is 4.12. The summed E-state index contributed by atoms with van der Waals surface area (Å²) >= 11 is 0. The standard InChI is InChI=1S/C11H18O4/c1-7(11(14)15-2)8-3-5-9(6-4-8)10(12)13/h7-9H,3-6H2,1-2H3,(H,12,13). The lowest BCUT2D eigenvalue weighted by Crippen LogP contribution is -2.28. The molecule has 1 aliphatic rings. The van der Waals surface area contributed by atoms with E-state index < -0.39 is 5.97 Å². The number of aliphatic carboxylic acids is 1. The average molecular weight is 214 g/mol. The van der Waals surface area contributed by atoms with E-state index in [0.717, 1.165) is 12.8 Å². The van der Waals surface area contributed by atoms with Crippen molar-refractivity contribution in [2.24, 2.45) is 17.8 Å². The van der Waals surface area contributed by atoms with Gasteiger partial charge in [-0.3, -0.25) is 9.59 Å². The Labute approximate surface area is 89.6 Å². The topological polar surface area (TPSA) is 63.6 Å². The van der Waals surface area contributed by atoms with Gasteiger partial charge in [-0.15, -0.1) is 0 Å². The van der Waals surface area contributed by atoms with Gasteiger partial charge in [-0.25, -0.2) is 0 Å². The molecule has 4 heteroatoms. The van der Waals surface area contributed by atoms with E-state index in [1.807, 2.05) is 6.92 Å². The van der Waals surface area contributed by atoms with Crippen LogP contribution in [0.2, 0.25) is 0 Å². The Balaban J connectivity index is 2.43. The predicted octanol–water partition coefficient (Wildman–Crippen LogP) is 1.69. The van der Waals surface area contributed by atoms with Gasteiger partial charge in [0.1, 0.15) is 0 Å². The number of carboxylic acids is 1. The van der Waals surface area contributed by atoms with E-state index in [4.69, 9.17) is 5.11 Å². The van der Waals surface area contributed by atoms with E-state index in [0.29, 0.717) is 12.8 Å². The zero-order valence-electron chi connectivity index (χ0n) is 9.23. The van der Waals surface area contributed by atoms with Crippen molar-refractivity contribution in [1.82, 2.24) is 0 Å². The predicted molar refractivity (Wildman–Crippen MR) is 54.3 cm³/mol. The third-order valence-corrected chi connectivity index (χ3v) is 3.40. The second kappa shape index (κ2) is 5.14. The fourth-order valence-electron chi connectivity index (χ4n) is 2.24. The molecule has 0 spiro atoms. The van der Waals surface area contributed by atoms with Crippen molar-refractivity contribution in [2.45, 2.75) is 32.6 Å². The average Bonchev–Trinajstić information content (AvgIpc) is 2.27. The number of ether oxygens (including phenoxy) is 1. The zero-order valence-corrected chi connectivity index (χ0v) is 9.23. The first-order valence-corrected chi connectivity index (χ1v) is 5.37. The summed E-state index contributed by atoms with van der Waals surface area (Å²) in [7, 11) is 1.39. The van der Waals surface area contributed by atoms with Crippen LogP contribution in [-0.2, 0) is 14.3 Å². The summed E-state index contributed by atoms with van der Waals surface area (Å²) in [5.74, 6) is -0.933. The van der Waals surface area contributed by atoms with E-state index in [9.17, 15) is 9.59 Å².